The van der Waals surface area contributed by atoms with Gasteiger partial charge in [-0.1, -0.05) is 0 Å². The molecule has 0 fully saturated rings. The van der Waals surface area contributed by atoms with Gasteiger partial charge >= 0.3 is 0 Å². The largest absolute Gasteiger partial charge is 0.330 e. The highest BCUT2D eigenvalue weighted by molar-refractivity contribution is 4.88. The zero-order chi connectivity index (χ0) is 23.1. The number of nitrogens with two attached hydrogens (primary N) is 2. The summed E-state index contributed by atoms with van der Waals surface area (Å²) >= 11 is 0. The van der Waals surface area contributed by atoms with Crippen molar-refractivity contribution in [1.82, 2.24) is 25.8 Å². The summed E-state index contributed by atoms with van der Waals surface area (Å²) in [6.07, 6.45) is 14.0. The molecule has 0 atom stereocenters. The van der Waals surface area contributed by atoms with E-state index >= 15 is 0 Å². The Morgan fingerprint density at radius 3 is 1.59 bits per heavy atom. The van der Waals surface area contributed by atoms with E-state index in [1.54, 1.807) is 0 Å². The molecule has 0 aliphatic carbocycles. The second kappa shape index (κ2) is 21.8. The molecule has 188 valence electrons. The fourth-order valence-electron chi connectivity index (χ4n) is 3.69. The molecule has 32 heavy (non-hydrogen) atoms. The molecule has 1 heterocycles. The van der Waals surface area contributed by atoms with Crippen LogP contribution in [0.25, 0.3) is 0 Å². The van der Waals surface area contributed by atoms with Crippen LogP contribution in [0, 0.1) is 6.92 Å². The van der Waals surface area contributed by atoms with Crippen LogP contribution in [0.3, 0.4) is 0 Å². The summed E-state index contributed by atoms with van der Waals surface area (Å²) in [5.41, 5.74) is 12.3. The van der Waals surface area contributed by atoms with E-state index < -0.39 is 0 Å². The molecule has 0 saturated heterocycles. The number of hydrogen-bond donors (Lipinski definition) is 6. The van der Waals surface area contributed by atoms with Gasteiger partial charge in [0.2, 0.25) is 6.33 Å². The standard InChI is InChI=1S/C24H53N8/c1-24-22-31(20-8-18-29-14-4-2-12-27-16-6-10-25)23-32(24)21-9-19-30-15-5-3-13-28-17-7-11-26/h22-23,27-30H,2-21,25-26H2,1H3/q+1. The van der Waals surface area contributed by atoms with Gasteiger partial charge in [-0.2, -0.15) is 0 Å². The van der Waals surface area contributed by atoms with E-state index in [0.29, 0.717) is 0 Å². The zero-order valence-electron chi connectivity index (χ0n) is 20.8. The molecular weight excluding hydrogens is 400 g/mol. The van der Waals surface area contributed by atoms with E-state index in [4.69, 9.17) is 11.5 Å². The van der Waals surface area contributed by atoms with E-state index in [9.17, 15) is 0 Å². The van der Waals surface area contributed by atoms with Crippen LogP contribution >= 0.6 is 0 Å². The van der Waals surface area contributed by atoms with Gasteiger partial charge in [-0.25, -0.2) is 9.13 Å². The van der Waals surface area contributed by atoms with Gasteiger partial charge in [0.15, 0.2) is 0 Å². The molecule has 0 unspecified atom stereocenters. The molecule has 8 heteroatoms. The Morgan fingerprint density at radius 2 is 1.09 bits per heavy atom. The molecule has 8 N–H and O–H groups in total. The number of imidazole rings is 1. The molecular formula is C24H53N8+. The summed E-state index contributed by atoms with van der Waals surface area (Å²) in [7, 11) is 0. The molecule has 1 rings (SSSR count). The maximum atomic E-state index is 5.49. The van der Waals surface area contributed by atoms with Gasteiger partial charge in [-0.3, -0.25) is 0 Å². The number of aryl methyl sites for hydroxylation is 3. The Kier molecular flexibility index (Phi) is 19.8. The van der Waals surface area contributed by atoms with Crippen LogP contribution in [0.15, 0.2) is 12.5 Å². The van der Waals surface area contributed by atoms with Crippen molar-refractivity contribution in [3.8, 4) is 0 Å². The van der Waals surface area contributed by atoms with Crippen molar-refractivity contribution < 1.29 is 4.57 Å². The van der Waals surface area contributed by atoms with Crippen molar-refractivity contribution in [3.63, 3.8) is 0 Å². The lowest BCUT2D eigenvalue weighted by molar-refractivity contribution is -0.696. The normalized spacial score (nSPS) is 11.5. The van der Waals surface area contributed by atoms with Crippen LogP contribution < -0.4 is 37.3 Å². The topological polar surface area (TPSA) is 109 Å². The third kappa shape index (κ3) is 16.6. The monoisotopic (exact) mass is 453 g/mol. The molecule has 0 radical (unpaired) electrons. The minimum Gasteiger partial charge on any atom is -0.330 e. The second-order valence-electron chi connectivity index (χ2n) is 8.72. The molecule has 0 saturated carbocycles. The first-order valence-electron chi connectivity index (χ1n) is 13.1. The molecule has 0 aliphatic heterocycles. The predicted octanol–water partition coefficient (Wildman–Crippen LogP) is 0.481. The number of unbranched alkanes of at least 4 members (excludes halogenated alkanes) is 2. The summed E-state index contributed by atoms with van der Waals surface area (Å²) in [5, 5.41) is 14.0. The van der Waals surface area contributed by atoms with E-state index in [1.165, 1.54) is 44.2 Å². The quantitative estimate of drug-likeness (QED) is 0.100. The highest BCUT2D eigenvalue weighted by atomic mass is 15.1. The number of nitrogens with one attached hydrogen (secondary N) is 4. The average molecular weight is 454 g/mol. The number of rotatable bonds is 24. The Labute approximate surface area is 197 Å². The lowest BCUT2D eigenvalue weighted by Gasteiger charge is -2.05. The lowest BCUT2D eigenvalue weighted by atomic mass is 10.3. The summed E-state index contributed by atoms with van der Waals surface area (Å²) < 4.78 is 4.72. The minimum atomic E-state index is 0.779. The van der Waals surface area contributed by atoms with Crippen molar-refractivity contribution in [2.75, 3.05) is 65.4 Å². The fraction of sp³-hybridized carbons (Fsp3) is 0.875. The van der Waals surface area contributed by atoms with E-state index in [0.717, 1.165) is 91.4 Å². The van der Waals surface area contributed by atoms with E-state index in [2.05, 4.69) is 49.8 Å². The summed E-state index contributed by atoms with van der Waals surface area (Å²) in [4.78, 5) is 0. The van der Waals surface area contributed by atoms with Crippen molar-refractivity contribution in [3.05, 3.63) is 18.2 Å². The van der Waals surface area contributed by atoms with Gasteiger partial charge in [-0.05, 0) is 117 Å². The summed E-state index contributed by atoms with van der Waals surface area (Å²) in [6, 6.07) is 0. The van der Waals surface area contributed by atoms with Crippen molar-refractivity contribution in [1.29, 1.82) is 0 Å². The van der Waals surface area contributed by atoms with Gasteiger partial charge in [-0.15, -0.1) is 0 Å². The maximum Gasteiger partial charge on any atom is 0.243 e. The third-order valence-corrected chi connectivity index (χ3v) is 5.65. The van der Waals surface area contributed by atoms with Crippen molar-refractivity contribution in [2.24, 2.45) is 11.5 Å². The van der Waals surface area contributed by atoms with Gasteiger partial charge < -0.3 is 32.7 Å². The Balaban J connectivity index is 1.94. The molecule has 0 amide bonds. The highest BCUT2D eigenvalue weighted by Gasteiger charge is 2.08. The van der Waals surface area contributed by atoms with Gasteiger partial charge in [0.25, 0.3) is 0 Å². The summed E-state index contributed by atoms with van der Waals surface area (Å²) in [5.74, 6) is 0. The molecule has 0 aromatic carbocycles. The van der Waals surface area contributed by atoms with E-state index in [-0.39, 0.29) is 0 Å². The minimum absolute atomic E-state index is 0.779. The maximum absolute atomic E-state index is 5.49. The molecule has 0 spiro atoms. The number of nitrogens with zero attached hydrogens (tertiary/aromatic N) is 2. The van der Waals surface area contributed by atoms with E-state index in [1.807, 2.05) is 0 Å². The zero-order valence-corrected chi connectivity index (χ0v) is 20.8. The van der Waals surface area contributed by atoms with Gasteiger partial charge in [0, 0.05) is 6.92 Å². The Hall–Kier alpha value is -1.03. The Morgan fingerprint density at radius 1 is 0.656 bits per heavy atom. The van der Waals surface area contributed by atoms with Gasteiger partial charge in [0.1, 0.15) is 11.9 Å². The second-order valence-corrected chi connectivity index (χ2v) is 8.72. The first-order valence-corrected chi connectivity index (χ1v) is 13.1. The third-order valence-electron chi connectivity index (χ3n) is 5.65. The number of hydrogen-bond acceptors (Lipinski definition) is 6. The highest BCUT2D eigenvalue weighted by Crippen LogP contribution is 1.98. The Bertz CT molecular complexity index is 520. The van der Waals surface area contributed by atoms with Crippen molar-refractivity contribution in [2.45, 2.75) is 71.4 Å². The van der Waals surface area contributed by atoms with Crippen LogP contribution in [0.5, 0.6) is 0 Å². The van der Waals surface area contributed by atoms with Crippen molar-refractivity contribution >= 4 is 0 Å². The smallest absolute Gasteiger partial charge is 0.243 e. The van der Waals surface area contributed by atoms with Crippen LogP contribution in [0.1, 0.15) is 57.1 Å². The summed E-state index contributed by atoms with van der Waals surface area (Å²) in [6.45, 7) is 14.6. The molecule has 1 aromatic heterocycles. The van der Waals surface area contributed by atoms with Gasteiger partial charge in [0.05, 0.1) is 13.1 Å². The SMILES string of the molecule is Cc1c[n+](CCCNCCCCNCCCN)cn1CCCNCCCCNCCCN. The first kappa shape index (κ1) is 29.0. The number of aromatic nitrogens is 2. The average Bonchev–Trinajstić information content (AvgIpc) is 3.15. The van der Waals surface area contributed by atoms with Crippen LogP contribution in [-0.2, 0) is 13.1 Å². The molecule has 8 nitrogen and oxygen atoms in total. The lowest BCUT2D eigenvalue weighted by Crippen LogP contribution is -2.33. The molecule has 1 aromatic rings. The fourth-order valence-corrected chi connectivity index (χ4v) is 3.69. The van der Waals surface area contributed by atoms with Crippen LogP contribution in [0.2, 0.25) is 0 Å². The van der Waals surface area contributed by atoms with Crippen LogP contribution in [0.4, 0.5) is 0 Å². The molecule has 0 aliphatic rings. The predicted molar refractivity (Wildman–Crippen MR) is 136 cm³/mol. The first-order chi connectivity index (χ1) is 15.8. The van der Waals surface area contributed by atoms with Crippen LogP contribution in [-0.4, -0.2) is 70.0 Å². The molecule has 0 bridgehead atoms.